The molecule has 0 spiro atoms. The maximum absolute atomic E-state index is 11.9. The van der Waals surface area contributed by atoms with Crippen LogP contribution in [-0.2, 0) is 26.4 Å². The summed E-state index contributed by atoms with van der Waals surface area (Å²) in [6.07, 6.45) is 0.0952. The molecule has 1 aliphatic heterocycles. The van der Waals surface area contributed by atoms with Gasteiger partial charge in [0, 0.05) is 43.8 Å². The van der Waals surface area contributed by atoms with Crippen molar-refractivity contribution >= 4 is 5.97 Å². The molecule has 1 atom stereocenters. The van der Waals surface area contributed by atoms with Crippen molar-refractivity contribution < 1.29 is 23.7 Å². The molecule has 0 bridgehead atoms. The zero-order chi connectivity index (χ0) is 41.3. The molecule has 0 saturated carbocycles. The van der Waals surface area contributed by atoms with E-state index in [1.165, 1.54) is 6.92 Å². The van der Waals surface area contributed by atoms with Gasteiger partial charge >= 0.3 is 5.97 Å². The van der Waals surface area contributed by atoms with Crippen molar-refractivity contribution in [2.45, 2.75) is 45.6 Å². The fourth-order valence-electron chi connectivity index (χ4n) is 8.06. The molecule has 1 saturated heterocycles. The lowest BCUT2D eigenvalue weighted by Gasteiger charge is -2.36. The minimum Gasteiger partial charge on any atom is -0.488 e. The van der Waals surface area contributed by atoms with Crippen LogP contribution in [-0.4, -0.2) is 75.2 Å². The number of esters is 1. The first-order chi connectivity index (χ1) is 29.4. The summed E-state index contributed by atoms with van der Waals surface area (Å²) in [5.41, 5.74) is 7.65. The predicted molar refractivity (Wildman–Crippen MR) is 229 cm³/mol. The molecule has 0 amide bonds. The fourth-order valence-corrected chi connectivity index (χ4v) is 8.06. The van der Waals surface area contributed by atoms with Gasteiger partial charge in [0.2, 0.25) is 0 Å². The number of hydrogen-bond acceptors (Lipinski definition) is 10. The fraction of sp³-hybridized carbons (Fsp3) is 0.245. The molecule has 0 radical (unpaired) electrons. The molecule has 7 aromatic rings. The van der Waals surface area contributed by atoms with Gasteiger partial charge in [-0.15, -0.1) is 5.10 Å². The van der Waals surface area contributed by atoms with Gasteiger partial charge in [0.15, 0.2) is 23.6 Å². The molecule has 11 nitrogen and oxygen atoms in total. The summed E-state index contributed by atoms with van der Waals surface area (Å²) in [6.45, 7) is 8.50. The highest BCUT2D eigenvalue weighted by Crippen LogP contribution is 2.43. The van der Waals surface area contributed by atoms with Crippen molar-refractivity contribution in [2.75, 3.05) is 32.9 Å². The summed E-state index contributed by atoms with van der Waals surface area (Å²) in [4.78, 5) is 18.7. The van der Waals surface area contributed by atoms with Crippen LogP contribution in [0.5, 0.6) is 11.5 Å². The molecule has 3 heterocycles. The van der Waals surface area contributed by atoms with Crippen molar-refractivity contribution in [3.8, 4) is 34.0 Å². The Morgan fingerprint density at radius 2 is 1.33 bits per heavy atom. The first-order valence-corrected chi connectivity index (χ1v) is 20.3. The zero-order valence-corrected chi connectivity index (χ0v) is 34.1. The Morgan fingerprint density at radius 3 is 1.93 bits per heavy atom. The lowest BCUT2D eigenvalue weighted by molar-refractivity contribution is -0.162. The monoisotopic (exact) mass is 800 g/mol. The van der Waals surface area contributed by atoms with E-state index < -0.39 is 11.8 Å². The number of carbonyl (C=O) groups is 1. The van der Waals surface area contributed by atoms with E-state index in [4.69, 9.17) is 29.3 Å². The van der Waals surface area contributed by atoms with Crippen LogP contribution >= 0.6 is 0 Å². The van der Waals surface area contributed by atoms with Gasteiger partial charge in [-0.05, 0) is 57.7 Å². The van der Waals surface area contributed by atoms with Crippen molar-refractivity contribution in [3.63, 3.8) is 0 Å². The van der Waals surface area contributed by atoms with Gasteiger partial charge in [0.05, 0.1) is 25.5 Å². The van der Waals surface area contributed by atoms with Gasteiger partial charge in [-0.25, -0.2) is 4.68 Å². The Bertz CT molecular complexity index is 2390. The van der Waals surface area contributed by atoms with E-state index in [9.17, 15) is 4.79 Å². The molecule has 1 aliphatic rings. The average Bonchev–Trinajstić information content (AvgIpc) is 3.78. The molecular weight excluding hydrogens is 753 g/mol. The number of hydrogen-bond donors (Lipinski definition) is 0. The Kier molecular flexibility index (Phi) is 12.4. The average molecular weight is 801 g/mol. The number of carbonyl (C=O) groups excluding carboxylic acids is 1. The third-order valence-electron chi connectivity index (χ3n) is 10.8. The summed E-state index contributed by atoms with van der Waals surface area (Å²) in [5, 5.41) is 13.8. The summed E-state index contributed by atoms with van der Waals surface area (Å²) in [5.74, 6) is 1.49. The normalized spacial score (nSPS) is 13.7. The first-order valence-electron chi connectivity index (χ1n) is 20.3. The molecule has 5 aromatic carbocycles. The summed E-state index contributed by atoms with van der Waals surface area (Å²) < 4.78 is 25.8. The Hall–Kier alpha value is -6.69. The van der Waals surface area contributed by atoms with Crippen molar-refractivity contribution in [2.24, 2.45) is 0 Å². The van der Waals surface area contributed by atoms with E-state index in [0.29, 0.717) is 63.3 Å². The number of morpholine rings is 1. The standard InChI is InChI=1S/C49H48N6O5/c1-35-33-45(47(36(2)50-35)58-30-27-46(60-37(3)56)54-28-31-57-32-29-54)59-34-38-23-25-39(26-24-38)43-21-13-14-22-44(43)48-51-52-53-55(48)49(40-15-7-4-8-16-40,41-17-9-5-10-18-41)42-19-11-6-12-20-42/h4-26,33,46H,27-32,34H2,1-3H3. The number of aryl methyl sites for hydroxylation is 2. The van der Waals surface area contributed by atoms with E-state index in [2.05, 4.69) is 124 Å². The number of nitrogens with zero attached hydrogens (tertiary/aromatic N) is 6. The smallest absolute Gasteiger partial charge is 0.304 e. The van der Waals surface area contributed by atoms with E-state index in [0.717, 1.165) is 50.3 Å². The maximum atomic E-state index is 11.9. The van der Waals surface area contributed by atoms with Gasteiger partial charge in [-0.1, -0.05) is 140 Å². The minimum atomic E-state index is -0.879. The Labute approximate surface area is 350 Å². The van der Waals surface area contributed by atoms with Gasteiger partial charge in [0.25, 0.3) is 0 Å². The lowest BCUT2D eigenvalue weighted by atomic mass is 9.77. The van der Waals surface area contributed by atoms with Crippen LogP contribution in [0.1, 0.15) is 47.0 Å². The Morgan fingerprint density at radius 1 is 0.750 bits per heavy atom. The highest BCUT2D eigenvalue weighted by molar-refractivity contribution is 5.81. The number of aromatic nitrogens is 5. The van der Waals surface area contributed by atoms with Crippen LogP contribution in [0, 0.1) is 13.8 Å². The molecule has 1 fully saturated rings. The maximum Gasteiger partial charge on any atom is 0.304 e. The topological polar surface area (TPSA) is 114 Å². The zero-order valence-electron chi connectivity index (χ0n) is 34.1. The largest absolute Gasteiger partial charge is 0.488 e. The summed E-state index contributed by atoms with van der Waals surface area (Å²) >= 11 is 0. The van der Waals surface area contributed by atoms with Crippen molar-refractivity contribution in [3.05, 3.63) is 179 Å². The molecular formula is C49H48N6O5. The second kappa shape index (κ2) is 18.5. The van der Waals surface area contributed by atoms with E-state index >= 15 is 0 Å². The minimum absolute atomic E-state index is 0.316. The molecule has 8 rings (SSSR count). The predicted octanol–water partition coefficient (Wildman–Crippen LogP) is 8.43. The first kappa shape index (κ1) is 40.1. The Balaban J connectivity index is 1.06. The number of tetrazole rings is 1. The van der Waals surface area contributed by atoms with Gasteiger partial charge < -0.3 is 18.9 Å². The lowest BCUT2D eigenvalue weighted by Crippen LogP contribution is -2.46. The summed E-state index contributed by atoms with van der Waals surface area (Å²) in [7, 11) is 0. The molecule has 0 N–H and O–H groups in total. The highest BCUT2D eigenvalue weighted by Gasteiger charge is 2.42. The SMILES string of the molecule is CC(=O)OC(CCOc1c(OCc2ccc(-c3ccccc3-c3nnnn3C(c3ccccc3)(c3ccccc3)c3ccccc3)cc2)cc(C)nc1C)N1CCOCC1. The molecule has 11 heteroatoms. The van der Waals surface area contributed by atoms with Crippen molar-refractivity contribution in [1.29, 1.82) is 0 Å². The molecule has 0 aliphatic carbocycles. The number of ether oxygens (including phenoxy) is 4. The van der Waals surface area contributed by atoms with Crippen LogP contribution in [0.3, 0.4) is 0 Å². The van der Waals surface area contributed by atoms with E-state index in [-0.39, 0.29) is 5.97 Å². The van der Waals surface area contributed by atoms with Crippen molar-refractivity contribution in [1.82, 2.24) is 30.1 Å². The third kappa shape index (κ3) is 8.54. The highest BCUT2D eigenvalue weighted by atomic mass is 16.6. The number of benzene rings is 5. The van der Waals surface area contributed by atoms with Crippen LogP contribution < -0.4 is 9.47 Å². The van der Waals surface area contributed by atoms with Crippen LogP contribution in [0.2, 0.25) is 0 Å². The number of rotatable bonds is 15. The quantitative estimate of drug-likeness (QED) is 0.0740. The van der Waals surface area contributed by atoms with Gasteiger partial charge in [-0.2, -0.15) is 0 Å². The van der Waals surface area contributed by atoms with Gasteiger partial charge in [0.1, 0.15) is 12.1 Å². The van der Waals surface area contributed by atoms with Gasteiger partial charge in [-0.3, -0.25) is 14.7 Å². The third-order valence-corrected chi connectivity index (χ3v) is 10.8. The van der Waals surface area contributed by atoms with E-state index in [1.807, 2.05) is 54.9 Å². The second-order valence-corrected chi connectivity index (χ2v) is 14.8. The number of pyridine rings is 1. The molecule has 304 valence electrons. The van der Waals surface area contributed by atoms with Crippen LogP contribution in [0.25, 0.3) is 22.5 Å². The van der Waals surface area contributed by atoms with Crippen LogP contribution in [0.4, 0.5) is 0 Å². The molecule has 60 heavy (non-hydrogen) atoms. The van der Waals surface area contributed by atoms with Crippen LogP contribution in [0.15, 0.2) is 146 Å². The molecule has 2 aromatic heterocycles. The second-order valence-electron chi connectivity index (χ2n) is 14.8. The summed E-state index contributed by atoms with van der Waals surface area (Å²) in [6, 6.07) is 49.7. The molecule has 1 unspecified atom stereocenters. The van der Waals surface area contributed by atoms with E-state index in [1.54, 1.807) is 0 Å².